The Kier molecular flexibility index (Phi) is 3.76. The summed E-state index contributed by atoms with van der Waals surface area (Å²) in [6.45, 7) is 9.88. The maximum atomic E-state index is 4.31. The number of aryl methyl sites for hydroxylation is 1. The number of hydrogen-bond donors (Lipinski definition) is 0. The summed E-state index contributed by atoms with van der Waals surface area (Å²) in [6, 6.07) is 0. The molecule has 0 aromatic carbocycles. The number of nitrogens with zero attached hydrogens (tertiary/aromatic N) is 2. The highest BCUT2D eigenvalue weighted by molar-refractivity contribution is 9.09. The summed E-state index contributed by atoms with van der Waals surface area (Å²) in [5, 5.41) is 5.34. The van der Waals surface area contributed by atoms with Crippen molar-refractivity contribution >= 4 is 15.9 Å². The van der Waals surface area contributed by atoms with Gasteiger partial charge in [-0.05, 0) is 23.8 Å². The molecule has 1 rings (SSSR count). The number of rotatable bonds is 3. The second-order valence-corrected chi connectivity index (χ2v) is 5.60. The topological polar surface area (TPSA) is 17.8 Å². The van der Waals surface area contributed by atoms with E-state index >= 15 is 0 Å². The number of alkyl halides is 1. The van der Waals surface area contributed by atoms with Crippen LogP contribution in [0.1, 0.15) is 26.3 Å². The summed E-state index contributed by atoms with van der Waals surface area (Å²) in [5.41, 5.74) is 1.55. The van der Waals surface area contributed by atoms with Crippen molar-refractivity contribution in [3.05, 3.63) is 18.0 Å². The van der Waals surface area contributed by atoms with Crippen LogP contribution in [-0.2, 0) is 6.54 Å². The van der Waals surface area contributed by atoms with Gasteiger partial charge in [-0.15, -0.1) is 0 Å². The van der Waals surface area contributed by atoms with Gasteiger partial charge in [-0.25, -0.2) is 0 Å². The van der Waals surface area contributed by atoms with E-state index in [0.717, 1.165) is 11.9 Å². The molecule has 1 heterocycles. The lowest BCUT2D eigenvalue weighted by Crippen LogP contribution is -2.26. The largest absolute Gasteiger partial charge is 0.272 e. The van der Waals surface area contributed by atoms with Crippen LogP contribution in [0.4, 0.5) is 0 Å². The lowest BCUT2D eigenvalue weighted by atomic mass is 9.82. The Hall–Kier alpha value is -0.310. The van der Waals surface area contributed by atoms with Gasteiger partial charge in [-0.2, -0.15) is 5.10 Å². The zero-order valence-corrected chi connectivity index (χ0v) is 11.0. The van der Waals surface area contributed by atoms with E-state index in [1.54, 1.807) is 0 Å². The van der Waals surface area contributed by atoms with Gasteiger partial charge >= 0.3 is 0 Å². The zero-order chi connectivity index (χ0) is 10.8. The highest BCUT2D eigenvalue weighted by Gasteiger charge is 2.23. The Morgan fingerprint density at radius 1 is 1.50 bits per heavy atom. The van der Waals surface area contributed by atoms with Gasteiger partial charge in [0.05, 0.1) is 6.20 Å². The Balaban J connectivity index is 2.66. The van der Waals surface area contributed by atoms with E-state index < -0.39 is 0 Å². The van der Waals surface area contributed by atoms with Crippen LogP contribution in [0.2, 0.25) is 0 Å². The number of aromatic nitrogens is 2. The van der Waals surface area contributed by atoms with E-state index in [0.29, 0.717) is 11.3 Å². The third kappa shape index (κ3) is 3.12. The lowest BCUT2D eigenvalue weighted by molar-refractivity contribution is 0.232. The molecule has 0 aliphatic rings. The Bertz CT molecular complexity index is 286. The first-order chi connectivity index (χ1) is 6.43. The maximum absolute atomic E-state index is 4.31. The minimum absolute atomic E-state index is 0.323. The fourth-order valence-electron chi connectivity index (χ4n) is 1.35. The van der Waals surface area contributed by atoms with Gasteiger partial charge in [0.15, 0.2) is 0 Å². The molecule has 1 aromatic rings. The third-order valence-corrected chi connectivity index (χ3v) is 3.36. The molecule has 0 fully saturated rings. The van der Waals surface area contributed by atoms with E-state index in [2.05, 4.69) is 54.9 Å². The van der Waals surface area contributed by atoms with E-state index in [1.165, 1.54) is 5.56 Å². The van der Waals surface area contributed by atoms with E-state index in [1.807, 2.05) is 10.9 Å². The number of hydrogen-bond acceptors (Lipinski definition) is 1. The summed E-state index contributed by atoms with van der Waals surface area (Å²) in [4.78, 5) is 0. The summed E-state index contributed by atoms with van der Waals surface area (Å²) in [6.07, 6.45) is 4.01. The van der Waals surface area contributed by atoms with Gasteiger partial charge in [-0.1, -0.05) is 36.7 Å². The summed E-state index contributed by atoms with van der Waals surface area (Å²) < 4.78 is 2.03. The molecule has 0 saturated carbocycles. The SMILES string of the molecule is Cc1cnn(CC(CBr)C(C)(C)C)c1. The van der Waals surface area contributed by atoms with E-state index in [-0.39, 0.29) is 0 Å². The van der Waals surface area contributed by atoms with Crippen LogP contribution in [-0.4, -0.2) is 15.1 Å². The summed E-state index contributed by atoms with van der Waals surface area (Å²) in [5.74, 6) is 0.613. The number of halogens is 1. The molecular formula is C11H19BrN2. The first-order valence-electron chi connectivity index (χ1n) is 4.98. The Morgan fingerprint density at radius 3 is 2.50 bits per heavy atom. The molecule has 2 nitrogen and oxygen atoms in total. The Labute approximate surface area is 94.8 Å². The van der Waals surface area contributed by atoms with Gasteiger partial charge in [0.25, 0.3) is 0 Å². The van der Waals surface area contributed by atoms with Gasteiger partial charge in [0.1, 0.15) is 0 Å². The summed E-state index contributed by atoms with van der Waals surface area (Å²) in [7, 11) is 0. The average Bonchev–Trinajstić information content (AvgIpc) is 2.45. The third-order valence-electron chi connectivity index (χ3n) is 2.58. The van der Waals surface area contributed by atoms with Crippen LogP contribution in [0, 0.1) is 18.3 Å². The van der Waals surface area contributed by atoms with Crippen LogP contribution >= 0.6 is 15.9 Å². The molecule has 0 aliphatic heterocycles. The molecule has 1 unspecified atom stereocenters. The average molecular weight is 259 g/mol. The first kappa shape index (κ1) is 11.8. The van der Waals surface area contributed by atoms with Crippen molar-refractivity contribution in [1.82, 2.24) is 9.78 Å². The highest BCUT2D eigenvalue weighted by atomic mass is 79.9. The molecule has 1 aromatic heterocycles. The maximum Gasteiger partial charge on any atom is 0.0518 e. The van der Waals surface area contributed by atoms with Crippen molar-refractivity contribution in [3.63, 3.8) is 0 Å². The molecule has 0 saturated heterocycles. The molecule has 14 heavy (non-hydrogen) atoms. The van der Waals surface area contributed by atoms with Crippen molar-refractivity contribution in [2.75, 3.05) is 5.33 Å². The normalized spacial score (nSPS) is 14.4. The van der Waals surface area contributed by atoms with Crippen molar-refractivity contribution in [3.8, 4) is 0 Å². The molecule has 0 amide bonds. The quantitative estimate of drug-likeness (QED) is 0.762. The molecule has 0 bridgehead atoms. The van der Waals surface area contributed by atoms with E-state index in [9.17, 15) is 0 Å². The molecule has 3 heteroatoms. The Morgan fingerprint density at radius 2 is 2.14 bits per heavy atom. The van der Waals surface area contributed by atoms with Gasteiger partial charge in [-0.3, -0.25) is 4.68 Å². The van der Waals surface area contributed by atoms with Crippen LogP contribution in [0.5, 0.6) is 0 Å². The van der Waals surface area contributed by atoms with Crippen molar-refractivity contribution in [1.29, 1.82) is 0 Å². The first-order valence-corrected chi connectivity index (χ1v) is 6.10. The van der Waals surface area contributed by atoms with Crippen LogP contribution < -0.4 is 0 Å². The highest BCUT2D eigenvalue weighted by Crippen LogP contribution is 2.28. The van der Waals surface area contributed by atoms with Crippen LogP contribution in [0.3, 0.4) is 0 Å². The molecule has 80 valence electrons. The van der Waals surface area contributed by atoms with Crippen LogP contribution in [0.15, 0.2) is 12.4 Å². The van der Waals surface area contributed by atoms with Crippen molar-refractivity contribution in [2.45, 2.75) is 34.2 Å². The predicted octanol–water partition coefficient (Wildman–Crippen LogP) is 3.25. The molecule has 0 aliphatic carbocycles. The molecule has 0 spiro atoms. The van der Waals surface area contributed by atoms with E-state index in [4.69, 9.17) is 0 Å². The molecule has 1 atom stereocenters. The van der Waals surface area contributed by atoms with Crippen molar-refractivity contribution in [2.24, 2.45) is 11.3 Å². The van der Waals surface area contributed by atoms with Gasteiger partial charge in [0, 0.05) is 18.1 Å². The molecule has 0 radical (unpaired) electrons. The second-order valence-electron chi connectivity index (χ2n) is 4.96. The minimum atomic E-state index is 0.323. The molecule has 0 N–H and O–H groups in total. The standard InChI is InChI=1S/C11H19BrN2/c1-9-6-13-14(7-9)8-10(5-12)11(2,3)4/h6-7,10H,5,8H2,1-4H3. The molecular weight excluding hydrogens is 240 g/mol. The lowest BCUT2D eigenvalue weighted by Gasteiger charge is -2.28. The van der Waals surface area contributed by atoms with Crippen molar-refractivity contribution < 1.29 is 0 Å². The second kappa shape index (κ2) is 4.47. The smallest absolute Gasteiger partial charge is 0.0518 e. The van der Waals surface area contributed by atoms with Gasteiger partial charge in [0.2, 0.25) is 0 Å². The van der Waals surface area contributed by atoms with Gasteiger partial charge < -0.3 is 0 Å². The fourth-order valence-corrected chi connectivity index (χ4v) is 2.52. The predicted molar refractivity (Wildman–Crippen MR) is 63.7 cm³/mol. The van der Waals surface area contributed by atoms with Crippen LogP contribution in [0.25, 0.3) is 0 Å². The monoisotopic (exact) mass is 258 g/mol. The zero-order valence-electron chi connectivity index (χ0n) is 9.42. The fraction of sp³-hybridized carbons (Fsp3) is 0.727. The minimum Gasteiger partial charge on any atom is -0.272 e. The summed E-state index contributed by atoms with van der Waals surface area (Å²) >= 11 is 3.57.